The number of fused-ring (bicyclic) bond motifs is 2. The maximum absolute atomic E-state index is 13.6. The van der Waals surface area contributed by atoms with E-state index in [1.165, 1.54) is 17.7 Å². The van der Waals surface area contributed by atoms with Crippen molar-refractivity contribution in [3.8, 4) is 0 Å². The molecule has 0 aliphatic carbocycles. The van der Waals surface area contributed by atoms with E-state index < -0.39 is 0 Å². The third-order valence-corrected chi connectivity index (χ3v) is 7.92. The maximum atomic E-state index is 13.6. The molecule has 5 rings (SSSR count). The zero-order valence-electron chi connectivity index (χ0n) is 20.2. The number of benzene rings is 1. The third-order valence-electron chi connectivity index (χ3n) is 6.88. The van der Waals surface area contributed by atoms with Crippen molar-refractivity contribution in [2.45, 2.75) is 52.1 Å². The Kier molecular flexibility index (Phi) is 6.95. The van der Waals surface area contributed by atoms with Crippen molar-refractivity contribution in [1.82, 2.24) is 24.8 Å². The van der Waals surface area contributed by atoms with Gasteiger partial charge in [0.2, 0.25) is 0 Å². The number of Topliss-reactive ketones (excluding diaryl/α,β-unsaturated/α-hetero) is 1. The van der Waals surface area contributed by atoms with Crippen molar-refractivity contribution in [2.75, 3.05) is 18.4 Å². The van der Waals surface area contributed by atoms with E-state index in [9.17, 15) is 4.79 Å². The molecule has 1 N–H and O–H groups in total. The van der Waals surface area contributed by atoms with Gasteiger partial charge in [0.1, 0.15) is 22.4 Å². The molecule has 3 aromatic heterocycles. The molecule has 0 spiro atoms. The van der Waals surface area contributed by atoms with Crippen LogP contribution in [0.25, 0.3) is 21.1 Å². The average Bonchev–Trinajstić information content (AvgIpc) is 3.34. The van der Waals surface area contributed by atoms with Gasteiger partial charge in [-0.3, -0.25) is 4.79 Å². The number of hydrogen-bond donors (Lipinski definition) is 1. The SMILES string of the molecule is CC(C)N1CCC(CC(=O)c2nc([C@H](C)Nc3ncnc4scnc34)cc3cccc(Cl)c23)CC1. The molecule has 9 heteroatoms. The smallest absolute Gasteiger partial charge is 0.182 e. The van der Waals surface area contributed by atoms with Crippen LogP contribution >= 0.6 is 22.9 Å². The summed E-state index contributed by atoms with van der Waals surface area (Å²) in [4.78, 5) is 34.8. The first-order valence-electron chi connectivity index (χ1n) is 12.1. The highest BCUT2D eigenvalue weighted by atomic mass is 35.5. The zero-order chi connectivity index (χ0) is 24.5. The number of thiazole rings is 1. The molecule has 1 atom stereocenters. The second-order valence-electron chi connectivity index (χ2n) is 9.53. The van der Waals surface area contributed by atoms with Crippen LogP contribution in [0.3, 0.4) is 0 Å². The van der Waals surface area contributed by atoms with Gasteiger partial charge in [-0.2, -0.15) is 0 Å². The van der Waals surface area contributed by atoms with Gasteiger partial charge in [0.05, 0.1) is 22.3 Å². The highest BCUT2D eigenvalue weighted by molar-refractivity contribution is 7.16. The number of anilines is 1. The Balaban J connectivity index is 1.43. The van der Waals surface area contributed by atoms with Gasteiger partial charge in [-0.25, -0.2) is 19.9 Å². The lowest BCUT2D eigenvalue weighted by Crippen LogP contribution is -2.38. The molecule has 1 aliphatic rings. The van der Waals surface area contributed by atoms with E-state index in [0.717, 1.165) is 52.7 Å². The minimum absolute atomic E-state index is 0.0593. The molecule has 1 saturated heterocycles. The molecule has 4 aromatic rings. The fourth-order valence-corrected chi connectivity index (χ4v) is 5.72. The van der Waals surface area contributed by atoms with E-state index in [2.05, 4.69) is 39.0 Å². The number of nitrogens with one attached hydrogen (secondary N) is 1. The van der Waals surface area contributed by atoms with Gasteiger partial charge in [0.15, 0.2) is 11.6 Å². The normalized spacial score (nSPS) is 16.3. The van der Waals surface area contributed by atoms with E-state index in [-0.39, 0.29) is 11.8 Å². The molecule has 0 radical (unpaired) electrons. The van der Waals surface area contributed by atoms with Crippen LogP contribution in [-0.2, 0) is 0 Å². The molecule has 1 fully saturated rings. The minimum Gasteiger partial charge on any atom is -0.360 e. The van der Waals surface area contributed by atoms with Crippen LogP contribution in [0.15, 0.2) is 36.1 Å². The molecule has 1 aliphatic heterocycles. The summed E-state index contributed by atoms with van der Waals surface area (Å²) >= 11 is 8.05. The Morgan fingerprint density at radius 3 is 2.77 bits per heavy atom. The Morgan fingerprint density at radius 2 is 2.00 bits per heavy atom. The Morgan fingerprint density at radius 1 is 1.20 bits per heavy atom. The lowest BCUT2D eigenvalue weighted by atomic mass is 9.89. The lowest BCUT2D eigenvalue weighted by molar-refractivity contribution is 0.0909. The Hall–Kier alpha value is -2.68. The van der Waals surface area contributed by atoms with Crippen LogP contribution in [0.2, 0.25) is 5.02 Å². The second-order valence-corrected chi connectivity index (χ2v) is 10.8. The van der Waals surface area contributed by atoms with Crippen LogP contribution in [0.4, 0.5) is 5.82 Å². The summed E-state index contributed by atoms with van der Waals surface area (Å²) in [5.41, 5.74) is 3.72. The molecular weight excluding hydrogens is 480 g/mol. The summed E-state index contributed by atoms with van der Waals surface area (Å²) in [5, 5.41) is 5.61. The predicted molar refractivity (Wildman–Crippen MR) is 142 cm³/mol. The number of ketones is 1. The quantitative estimate of drug-likeness (QED) is 0.299. The van der Waals surface area contributed by atoms with Gasteiger partial charge in [-0.05, 0) is 70.1 Å². The van der Waals surface area contributed by atoms with Gasteiger partial charge in [0.25, 0.3) is 0 Å². The maximum Gasteiger partial charge on any atom is 0.182 e. The van der Waals surface area contributed by atoms with Gasteiger partial charge >= 0.3 is 0 Å². The molecule has 0 unspecified atom stereocenters. The van der Waals surface area contributed by atoms with Crippen molar-refractivity contribution in [2.24, 2.45) is 5.92 Å². The van der Waals surface area contributed by atoms with Crippen molar-refractivity contribution in [1.29, 1.82) is 0 Å². The first kappa shape index (κ1) is 24.0. The zero-order valence-corrected chi connectivity index (χ0v) is 21.7. The topological polar surface area (TPSA) is 83.9 Å². The van der Waals surface area contributed by atoms with Gasteiger partial charge in [0, 0.05) is 17.8 Å². The van der Waals surface area contributed by atoms with Crippen molar-refractivity contribution < 1.29 is 4.79 Å². The average molecular weight is 509 g/mol. The Bertz CT molecular complexity index is 1360. The predicted octanol–water partition coefficient (Wildman–Crippen LogP) is 6.15. The highest BCUT2D eigenvalue weighted by Crippen LogP contribution is 2.32. The summed E-state index contributed by atoms with van der Waals surface area (Å²) < 4.78 is 0. The number of hydrogen-bond acceptors (Lipinski definition) is 8. The molecule has 182 valence electrons. The van der Waals surface area contributed by atoms with E-state index in [1.807, 2.05) is 31.2 Å². The van der Waals surface area contributed by atoms with Crippen LogP contribution < -0.4 is 5.32 Å². The van der Waals surface area contributed by atoms with Crippen LogP contribution in [0.5, 0.6) is 0 Å². The monoisotopic (exact) mass is 508 g/mol. The molecule has 0 amide bonds. The van der Waals surface area contributed by atoms with Gasteiger partial charge in [-0.15, -0.1) is 11.3 Å². The number of likely N-dealkylation sites (tertiary alicyclic amines) is 1. The Labute approximate surface area is 214 Å². The molecule has 7 nitrogen and oxygen atoms in total. The molecule has 1 aromatic carbocycles. The van der Waals surface area contributed by atoms with Crippen LogP contribution in [0, 0.1) is 5.92 Å². The number of carbonyl (C=O) groups is 1. The first-order chi connectivity index (χ1) is 16.9. The standard InChI is InChI=1S/C26H29ClN6OS/c1-15(2)33-9-7-17(8-10-33)11-21(34)23-22-18(5-4-6-19(22)27)12-20(32-23)16(3)31-25-24-26(29-13-28-25)35-14-30-24/h4-6,12-17H,7-11H2,1-3H3,(H,28,29,31)/t16-/m0/s1. The van der Waals surface area contributed by atoms with Gasteiger partial charge in [-0.1, -0.05) is 23.7 Å². The minimum atomic E-state index is -0.195. The van der Waals surface area contributed by atoms with Crippen molar-refractivity contribution >= 4 is 55.7 Å². The highest BCUT2D eigenvalue weighted by Gasteiger charge is 2.26. The van der Waals surface area contributed by atoms with E-state index in [4.69, 9.17) is 16.6 Å². The largest absolute Gasteiger partial charge is 0.360 e. The van der Waals surface area contributed by atoms with Crippen LogP contribution in [0.1, 0.15) is 62.3 Å². The fraction of sp³-hybridized carbons (Fsp3) is 0.423. The molecule has 0 bridgehead atoms. The summed E-state index contributed by atoms with van der Waals surface area (Å²) in [6, 6.07) is 8.06. The molecule has 35 heavy (non-hydrogen) atoms. The lowest BCUT2D eigenvalue weighted by Gasteiger charge is -2.34. The van der Waals surface area contributed by atoms with E-state index in [1.54, 1.807) is 5.51 Å². The molecular formula is C26H29ClN6OS. The molecule has 0 saturated carbocycles. The number of pyridine rings is 1. The molecule has 4 heterocycles. The number of rotatable bonds is 7. The second kappa shape index (κ2) is 10.1. The number of carbonyl (C=O) groups excluding carboxylic acids is 1. The summed E-state index contributed by atoms with van der Waals surface area (Å²) in [6.45, 7) is 8.54. The fourth-order valence-electron chi connectivity index (χ4n) is 4.82. The van der Waals surface area contributed by atoms with Crippen molar-refractivity contribution in [3.63, 3.8) is 0 Å². The number of halogens is 1. The van der Waals surface area contributed by atoms with Crippen molar-refractivity contribution in [3.05, 3.63) is 52.5 Å². The summed E-state index contributed by atoms with van der Waals surface area (Å²) in [5.74, 6) is 1.08. The number of piperidine rings is 1. The van der Waals surface area contributed by atoms with Gasteiger partial charge < -0.3 is 10.2 Å². The first-order valence-corrected chi connectivity index (χ1v) is 13.3. The third kappa shape index (κ3) is 5.01. The summed E-state index contributed by atoms with van der Waals surface area (Å²) in [6.07, 6.45) is 4.09. The van der Waals surface area contributed by atoms with E-state index in [0.29, 0.717) is 34.9 Å². The summed E-state index contributed by atoms with van der Waals surface area (Å²) in [7, 11) is 0. The number of aromatic nitrogens is 4. The van der Waals surface area contributed by atoms with E-state index >= 15 is 0 Å². The number of nitrogens with zero attached hydrogens (tertiary/aromatic N) is 5. The van der Waals surface area contributed by atoms with Crippen LogP contribution in [-0.4, -0.2) is 49.8 Å².